The van der Waals surface area contributed by atoms with Crippen LogP contribution in [0.1, 0.15) is 30.5 Å². The average molecular weight is 279 g/mol. The van der Waals surface area contributed by atoms with Gasteiger partial charge < -0.3 is 14.6 Å². The van der Waals surface area contributed by atoms with E-state index in [-0.39, 0.29) is 0 Å². The summed E-state index contributed by atoms with van der Waals surface area (Å²) in [6.45, 7) is 4.52. The molecule has 1 aromatic rings. The van der Waals surface area contributed by atoms with Gasteiger partial charge in [0.05, 0.1) is 13.2 Å². The first-order valence-electron chi connectivity index (χ1n) is 7.22. The predicted octanol–water partition coefficient (Wildman–Crippen LogP) is 2.36. The maximum absolute atomic E-state index is 9.60. The molecule has 4 nitrogen and oxygen atoms in total. The number of methoxy groups -OCH3 is 2. The molecule has 0 saturated carbocycles. The molecule has 0 fully saturated rings. The molecule has 0 aromatic heterocycles. The maximum atomic E-state index is 9.60. The molecular formula is C16H25NO3. The van der Waals surface area contributed by atoms with E-state index in [0.29, 0.717) is 24.4 Å². The maximum Gasteiger partial charge on any atom is 0.115 e. The molecule has 0 bridgehead atoms. The van der Waals surface area contributed by atoms with Crippen molar-refractivity contribution in [1.82, 2.24) is 4.90 Å². The summed E-state index contributed by atoms with van der Waals surface area (Å²) in [7, 11) is 3.48. The van der Waals surface area contributed by atoms with Gasteiger partial charge in [-0.15, -0.1) is 0 Å². The Labute approximate surface area is 121 Å². The SMILES string of the molecule is COCCN(C(C)COC)C1CCc2cc(O)ccc21. The molecule has 2 atom stereocenters. The van der Waals surface area contributed by atoms with E-state index in [9.17, 15) is 5.11 Å². The van der Waals surface area contributed by atoms with Gasteiger partial charge in [0, 0.05) is 32.8 Å². The highest BCUT2D eigenvalue weighted by atomic mass is 16.5. The molecule has 1 aliphatic rings. The summed E-state index contributed by atoms with van der Waals surface area (Å²) in [5.74, 6) is 0.359. The van der Waals surface area contributed by atoms with Crippen LogP contribution in [-0.4, -0.2) is 50.0 Å². The van der Waals surface area contributed by atoms with Crippen LogP contribution in [0.15, 0.2) is 18.2 Å². The van der Waals surface area contributed by atoms with Gasteiger partial charge in [-0.1, -0.05) is 6.07 Å². The lowest BCUT2D eigenvalue weighted by molar-refractivity contribution is 0.0467. The van der Waals surface area contributed by atoms with Gasteiger partial charge in [-0.25, -0.2) is 0 Å². The zero-order valence-corrected chi connectivity index (χ0v) is 12.6. The van der Waals surface area contributed by atoms with Gasteiger partial charge in [0.1, 0.15) is 5.75 Å². The van der Waals surface area contributed by atoms with Crippen molar-refractivity contribution in [3.63, 3.8) is 0 Å². The number of ether oxygens (including phenoxy) is 2. The molecule has 1 N–H and O–H groups in total. The van der Waals surface area contributed by atoms with Crippen molar-refractivity contribution in [3.8, 4) is 5.75 Å². The fraction of sp³-hybridized carbons (Fsp3) is 0.625. The fourth-order valence-corrected chi connectivity index (χ4v) is 3.14. The molecule has 0 heterocycles. The first kappa shape index (κ1) is 15.3. The van der Waals surface area contributed by atoms with Gasteiger partial charge in [-0.3, -0.25) is 4.90 Å². The molecule has 20 heavy (non-hydrogen) atoms. The standard InChI is InChI=1S/C16H25NO3/c1-12(11-20-3)17(8-9-19-2)16-7-4-13-10-14(18)5-6-15(13)16/h5-6,10,12,16,18H,4,7-9,11H2,1-3H3. The Balaban J connectivity index is 2.18. The molecule has 2 unspecified atom stereocenters. The number of hydrogen-bond acceptors (Lipinski definition) is 4. The van der Waals surface area contributed by atoms with Crippen molar-refractivity contribution < 1.29 is 14.6 Å². The highest BCUT2D eigenvalue weighted by molar-refractivity contribution is 5.40. The minimum atomic E-state index is 0.347. The summed E-state index contributed by atoms with van der Waals surface area (Å²) in [6.07, 6.45) is 2.12. The van der Waals surface area contributed by atoms with Crippen molar-refractivity contribution in [2.45, 2.75) is 31.8 Å². The molecule has 1 aromatic carbocycles. The van der Waals surface area contributed by atoms with E-state index in [0.717, 1.165) is 26.0 Å². The molecule has 0 aliphatic heterocycles. The summed E-state index contributed by atoms with van der Waals surface area (Å²) in [5.41, 5.74) is 2.60. The number of fused-ring (bicyclic) bond motifs is 1. The first-order valence-corrected chi connectivity index (χ1v) is 7.22. The van der Waals surface area contributed by atoms with Crippen LogP contribution in [0.25, 0.3) is 0 Å². The number of aromatic hydroxyl groups is 1. The third-order valence-corrected chi connectivity index (χ3v) is 4.10. The normalized spacial score (nSPS) is 19.3. The molecule has 4 heteroatoms. The summed E-state index contributed by atoms with van der Waals surface area (Å²) in [5, 5.41) is 9.60. The zero-order chi connectivity index (χ0) is 14.5. The number of benzene rings is 1. The van der Waals surface area contributed by atoms with E-state index in [1.807, 2.05) is 6.07 Å². The minimum absolute atomic E-state index is 0.347. The van der Waals surface area contributed by atoms with Gasteiger partial charge in [0.2, 0.25) is 0 Å². The van der Waals surface area contributed by atoms with Crippen LogP contribution >= 0.6 is 0 Å². The largest absolute Gasteiger partial charge is 0.508 e. The smallest absolute Gasteiger partial charge is 0.115 e. The Hall–Kier alpha value is -1.10. The number of hydrogen-bond donors (Lipinski definition) is 1. The van der Waals surface area contributed by atoms with Crippen LogP contribution in [0.2, 0.25) is 0 Å². The van der Waals surface area contributed by atoms with Crippen LogP contribution in [0, 0.1) is 0 Å². The molecule has 1 aliphatic carbocycles. The summed E-state index contributed by atoms with van der Waals surface area (Å²) in [6, 6.07) is 6.48. The van der Waals surface area contributed by atoms with Gasteiger partial charge in [-0.2, -0.15) is 0 Å². The van der Waals surface area contributed by atoms with Crippen molar-refractivity contribution in [1.29, 1.82) is 0 Å². The number of nitrogens with zero attached hydrogens (tertiary/aromatic N) is 1. The molecule has 0 saturated heterocycles. The Morgan fingerprint density at radius 1 is 1.35 bits per heavy atom. The fourth-order valence-electron chi connectivity index (χ4n) is 3.14. The second kappa shape index (κ2) is 7.07. The van der Waals surface area contributed by atoms with Crippen molar-refractivity contribution in [2.75, 3.05) is 34.0 Å². The highest BCUT2D eigenvalue weighted by Crippen LogP contribution is 2.38. The summed E-state index contributed by atoms with van der Waals surface area (Å²) in [4.78, 5) is 2.45. The first-order chi connectivity index (χ1) is 9.67. The van der Waals surface area contributed by atoms with Crippen LogP contribution < -0.4 is 0 Å². The second-order valence-electron chi connectivity index (χ2n) is 5.47. The number of rotatable bonds is 7. The van der Waals surface area contributed by atoms with Gasteiger partial charge in [0.25, 0.3) is 0 Å². The Kier molecular flexibility index (Phi) is 5.40. The Morgan fingerprint density at radius 3 is 2.85 bits per heavy atom. The van der Waals surface area contributed by atoms with Gasteiger partial charge in [0.15, 0.2) is 0 Å². The number of phenols is 1. The lowest BCUT2D eigenvalue weighted by Gasteiger charge is -2.34. The van der Waals surface area contributed by atoms with E-state index in [2.05, 4.69) is 17.9 Å². The minimum Gasteiger partial charge on any atom is -0.508 e. The third kappa shape index (κ3) is 3.32. The summed E-state index contributed by atoms with van der Waals surface area (Å²) >= 11 is 0. The molecule has 0 spiro atoms. The van der Waals surface area contributed by atoms with Gasteiger partial charge >= 0.3 is 0 Å². The van der Waals surface area contributed by atoms with Gasteiger partial charge in [-0.05, 0) is 43.0 Å². The quantitative estimate of drug-likeness (QED) is 0.832. The topological polar surface area (TPSA) is 41.9 Å². The van der Waals surface area contributed by atoms with E-state index < -0.39 is 0 Å². The number of phenolic OH excluding ortho intramolecular Hbond substituents is 1. The molecule has 112 valence electrons. The Morgan fingerprint density at radius 2 is 2.15 bits per heavy atom. The van der Waals surface area contributed by atoms with Crippen LogP contribution in [0.5, 0.6) is 5.75 Å². The van der Waals surface area contributed by atoms with E-state index >= 15 is 0 Å². The zero-order valence-electron chi connectivity index (χ0n) is 12.6. The van der Waals surface area contributed by atoms with E-state index in [4.69, 9.17) is 9.47 Å². The Bertz CT molecular complexity index is 436. The van der Waals surface area contributed by atoms with Crippen molar-refractivity contribution in [2.24, 2.45) is 0 Å². The highest BCUT2D eigenvalue weighted by Gasteiger charge is 2.30. The molecule has 0 amide bonds. The molecule has 0 radical (unpaired) electrons. The molecular weight excluding hydrogens is 254 g/mol. The van der Waals surface area contributed by atoms with E-state index in [1.165, 1.54) is 11.1 Å². The third-order valence-electron chi connectivity index (χ3n) is 4.10. The van der Waals surface area contributed by atoms with Crippen LogP contribution in [0.4, 0.5) is 0 Å². The van der Waals surface area contributed by atoms with Crippen LogP contribution in [0.3, 0.4) is 0 Å². The predicted molar refractivity (Wildman–Crippen MR) is 79.1 cm³/mol. The van der Waals surface area contributed by atoms with Crippen LogP contribution in [-0.2, 0) is 15.9 Å². The summed E-state index contributed by atoms with van der Waals surface area (Å²) < 4.78 is 10.6. The van der Waals surface area contributed by atoms with E-state index in [1.54, 1.807) is 20.3 Å². The average Bonchev–Trinajstić information content (AvgIpc) is 2.82. The number of aryl methyl sites for hydroxylation is 1. The van der Waals surface area contributed by atoms with Crippen molar-refractivity contribution in [3.05, 3.63) is 29.3 Å². The lowest BCUT2D eigenvalue weighted by Crippen LogP contribution is -2.40. The monoisotopic (exact) mass is 279 g/mol. The van der Waals surface area contributed by atoms with Crippen molar-refractivity contribution >= 4 is 0 Å². The second-order valence-corrected chi connectivity index (χ2v) is 5.47. The molecule has 2 rings (SSSR count). The lowest BCUT2D eigenvalue weighted by atomic mass is 10.0.